The first kappa shape index (κ1) is 23.1. The Bertz CT molecular complexity index is 1270. The van der Waals surface area contributed by atoms with Crippen molar-refractivity contribution in [2.24, 2.45) is 0 Å². The van der Waals surface area contributed by atoms with Crippen molar-refractivity contribution in [3.8, 4) is 17.2 Å². The van der Waals surface area contributed by atoms with Gasteiger partial charge in [0.05, 0.1) is 43.5 Å². The number of Topliss-reactive ketones (excluding diaryl/α,β-unsaturated/α-hetero) is 1. The van der Waals surface area contributed by atoms with Crippen LogP contribution in [0.25, 0.3) is 5.76 Å². The molecule has 34 heavy (non-hydrogen) atoms. The average Bonchev–Trinajstić information content (AvgIpc) is 3.14. The van der Waals surface area contributed by atoms with Gasteiger partial charge >= 0.3 is 0 Å². The van der Waals surface area contributed by atoms with Gasteiger partial charge in [0, 0.05) is 24.1 Å². The van der Waals surface area contributed by atoms with Crippen LogP contribution in [-0.4, -0.2) is 43.1 Å². The van der Waals surface area contributed by atoms with Gasteiger partial charge in [-0.15, -0.1) is 0 Å². The molecule has 1 fully saturated rings. The lowest BCUT2D eigenvalue weighted by molar-refractivity contribution is -0.132. The number of benzene rings is 2. The number of hydrogen-bond acceptors (Lipinski definition) is 7. The average molecular weight is 481 g/mol. The van der Waals surface area contributed by atoms with Gasteiger partial charge in [0.25, 0.3) is 11.7 Å². The van der Waals surface area contributed by atoms with E-state index in [2.05, 4.69) is 4.98 Å². The van der Waals surface area contributed by atoms with Crippen LogP contribution in [0.1, 0.15) is 17.2 Å². The third-order valence-electron chi connectivity index (χ3n) is 5.55. The molecule has 0 radical (unpaired) electrons. The van der Waals surface area contributed by atoms with Crippen molar-refractivity contribution in [2.75, 3.05) is 26.2 Å². The molecule has 0 saturated carbocycles. The van der Waals surface area contributed by atoms with Gasteiger partial charge in [-0.3, -0.25) is 19.5 Å². The molecule has 0 spiro atoms. The van der Waals surface area contributed by atoms with Crippen molar-refractivity contribution in [3.05, 3.63) is 82.6 Å². The number of aliphatic hydroxyl groups is 1. The van der Waals surface area contributed by atoms with Crippen molar-refractivity contribution in [2.45, 2.75) is 6.04 Å². The highest BCUT2D eigenvalue weighted by Gasteiger charge is 2.47. The molecule has 3 aromatic rings. The summed E-state index contributed by atoms with van der Waals surface area (Å²) in [7, 11) is 4.37. The van der Waals surface area contributed by atoms with Crippen LogP contribution in [-0.2, 0) is 9.59 Å². The number of nitrogens with zero attached hydrogens (tertiary/aromatic N) is 2. The number of methoxy groups -OCH3 is 3. The number of carbonyl (C=O) groups is 2. The number of aliphatic hydroxyl groups excluding tert-OH is 1. The van der Waals surface area contributed by atoms with E-state index in [9.17, 15) is 14.7 Å². The van der Waals surface area contributed by atoms with E-state index < -0.39 is 23.5 Å². The number of rotatable bonds is 6. The summed E-state index contributed by atoms with van der Waals surface area (Å²) in [6.07, 6.45) is 3.10. The third-order valence-corrected chi connectivity index (χ3v) is 5.84. The van der Waals surface area contributed by atoms with E-state index in [1.54, 1.807) is 48.8 Å². The smallest absolute Gasteiger partial charge is 0.300 e. The van der Waals surface area contributed by atoms with E-state index in [1.807, 2.05) is 0 Å². The Balaban J connectivity index is 1.96. The first-order chi connectivity index (χ1) is 16.4. The van der Waals surface area contributed by atoms with Gasteiger partial charge < -0.3 is 19.3 Å². The molecule has 1 aromatic heterocycles. The maximum absolute atomic E-state index is 13.3. The highest BCUT2D eigenvalue weighted by molar-refractivity contribution is 6.51. The lowest BCUT2D eigenvalue weighted by atomic mass is 9.95. The zero-order valence-electron chi connectivity index (χ0n) is 18.6. The van der Waals surface area contributed by atoms with Crippen LogP contribution >= 0.6 is 11.6 Å². The lowest BCUT2D eigenvalue weighted by Crippen LogP contribution is -2.29. The van der Waals surface area contributed by atoms with Gasteiger partial charge in [-0.25, -0.2) is 0 Å². The Morgan fingerprint density at radius 1 is 0.941 bits per heavy atom. The summed E-state index contributed by atoms with van der Waals surface area (Å²) in [5.41, 5.74) is 1.11. The minimum absolute atomic E-state index is 0.102. The Morgan fingerprint density at radius 3 is 2.18 bits per heavy atom. The highest BCUT2D eigenvalue weighted by atomic mass is 35.5. The fourth-order valence-corrected chi connectivity index (χ4v) is 4.12. The third kappa shape index (κ3) is 3.92. The van der Waals surface area contributed by atoms with E-state index in [1.165, 1.54) is 38.4 Å². The van der Waals surface area contributed by atoms with Crippen LogP contribution in [0.3, 0.4) is 0 Å². The normalized spacial score (nSPS) is 17.1. The standard InChI is InChI=1S/C25H21ClN2O6/c1-32-16-6-4-15(5-7-16)28-22(14-8-10-27-11-9-14)21(24(30)25(28)31)23(29)17-12-20(34-3)18(26)13-19(17)33-2/h4-13,22,29H,1-3H3/b23-21+. The first-order valence-electron chi connectivity index (χ1n) is 10.2. The van der Waals surface area contributed by atoms with Gasteiger partial charge in [-0.05, 0) is 48.0 Å². The molecule has 1 amide bonds. The van der Waals surface area contributed by atoms with Crippen LogP contribution < -0.4 is 19.1 Å². The van der Waals surface area contributed by atoms with Gasteiger partial charge in [-0.1, -0.05) is 11.6 Å². The summed E-state index contributed by atoms with van der Waals surface area (Å²) in [5.74, 6) is -0.956. The summed E-state index contributed by atoms with van der Waals surface area (Å²) in [4.78, 5) is 31.9. The molecule has 0 bridgehead atoms. The largest absolute Gasteiger partial charge is 0.507 e. The maximum atomic E-state index is 13.3. The number of anilines is 1. The van der Waals surface area contributed by atoms with Crippen molar-refractivity contribution in [1.29, 1.82) is 0 Å². The Kier molecular flexibility index (Phi) is 6.43. The Labute approximate surface area is 201 Å². The molecular weight excluding hydrogens is 460 g/mol. The molecular formula is C25H21ClN2O6. The van der Waals surface area contributed by atoms with Crippen LogP contribution in [0.2, 0.25) is 5.02 Å². The van der Waals surface area contributed by atoms with E-state index >= 15 is 0 Å². The van der Waals surface area contributed by atoms with E-state index in [-0.39, 0.29) is 27.7 Å². The molecule has 4 rings (SSSR count). The van der Waals surface area contributed by atoms with Crippen molar-refractivity contribution in [1.82, 2.24) is 4.98 Å². The van der Waals surface area contributed by atoms with Crippen molar-refractivity contribution >= 4 is 34.7 Å². The topological polar surface area (TPSA) is 98.2 Å². The lowest BCUT2D eigenvalue weighted by Gasteiger charge is -2.25. The quantitative estimate of drug-likeness (QED) is 0.317. The van der Waals surface area contributed by atoms with Gasteiger partial charge in [0.1, 0.15) is 23.0 Å². The zero-order valence-corrected chi connectivity index (χ0v) is 19.4. The molecule has 8 nitrogen and oxygen atoms in total. The number of ketones is 1. The van der Waals surface area contributed by atoms with E-state index in [4.69, 9.17) is 25.8 Å². The second kappa shape index (κ2) is 9.44. The molecule has 1 aliphatic heterocycles. The SMILES string of the molecule is COc1ccc(N2C(=O)C(=O)/C(=C(/O)c3cc(OC)c(Cl)cc3OC)C2c2ccncc2)cc1. The minimum atomic E-state index is -0.914. The number of hydrogen-bond donors (Lipinski definition) is 1. The fourth-order valence-electron chi connectivity index (χ4n) is 3.89. The Hall–Kier alpha value is -4.04. The minimum Gasteiger partial charge on any atom is -0.507 e. The summed E-state index contributed by atoms with van der Waals surface area (Å²) in [6.45, 7) is 0. The predicted octanol–water partition coefficient (Wildman–Crippen LogP) is 4.39. The van der Waals surface area contributed by atoms with Crippen LogP contribution in [0.4, 0.5) is 5.69 Å². The van der Waals surface area contributed by atoms with Crippen molar-refractivity contribution < 1.29 is 28.9 Å². The van der Waals surface area contributed by atoms with Crippen LogP contribution in [0.15, 0.2) is 66.5 Å². The monoisotopic (exact) mass is 480 g/mol. The number of carbonyl (C=O) groups excluding carboxylic acids is 2. The van der Waals surface area contributed by atoms with Crippen LogP contribution in [0.5, 0.6) is 17.2 Å². The number of amides is 1. The molecule has 1 N–H and O–H groups in total. The fraction of sp³-hybridized carbons (Fsp3) is 0.160. The zero-order chi connectivity index (χ0) is 24.4. The molecule has 1 aliphatic rings. The molecule has 2 heterocycles. The van der Waals surface area contributed by atoms with Gasteiger partial charge in [0.15, 0.2) is 0 Å². The first-order valence-corrected chi connectivity index (χ1v) is 10.6. The second-order valence-electron chi connectivity index (χ2n) is 7.33. The molecule has 0 aliphatic carbocycles. The van der Waals surface area contributed by atoms with Crippen molar-refractivity contribution in [3.63, 3.8) is 0 Å². The van der Waals surface area contributed by atoms with Gasteiger partial charge in [-0.2, -0.15) is 0 Å². The van der Waals surface area contributed by atoms with Gasteiger partial charge in [0.2, 0.25) is 0 Å². The summed E-state index contributed by atoms with van der Waals surface area (Å²) in [5, 5.41) is 11.6. The highest BCUT2D eigenvalue weighted by Crippen LogP contribution is 2.44. The van der Waals surface area contributed by atoms with E-state index in [0.29, 0.717) is 17.0 Å². The maximum Gasteiger partial charge on any atom is 0.300 e. The number of pyridine rings is 1. The van der Waals surface area contributed by atoms with Crippen LogP contribution in [0, 0.1) is 0 Å². The molecule has 1 unspecified atom stereocenters. The number of ether oxygens (including phenoxy) is 3. The molecule has 1 saturated heterocycles. The molecule has 1 atom stereocenters. The molecule has 174 valence electrons. The summed E-state index contributed by atoms with van der Waals surface area (Å²) < 4.78 is 15.8. The molecule has 9 heteroatoms. The summed E-state index contributed by atoms with van der Waals surface area (Å²) in [6, 6.07) is 12.1. The number of aromatic nitrogens is 1. The Morgan fingerprint density at radius 2 is 1.59 bits per heavy atom. The van der Waals surface area contributed by atoms with E-state index in [0.717, 1.165) is 0 Å². The number of halogens is 1. The second-order valence-corrected chi connectivity index (χ2v) is 7.74. The molecule has 2 aromatic carbocycles. The summed E-state index contributed by atoms with van der Waals surface area (Å²) >= 11 is 6.20. The predicted molar refractivity (Wildman–Crippen MR) is 127 cm³/mol.